The van der Waals surface area contributed by atoms with Gasteiger partial charge in [-0.15, -0.1) is 5.10 Å². The molecular formula is C21H31ClN4O3Si. The lowest BCUT2D eigenvalue weighted by Gasteiger charge is -2.35. The van der Waals surface area contributed by atoms with Crippen LogP contribution < -0.4 is 5.32 Å². The summed E-state index contributed by atoms with van der Waals surface area (Å²) in [5.74, 6) is 0. The number of rotatable bonds is 3. The van der Waals surface area contributed by atoms with E-state index in [2.05, 4.69) is 30.0 Å². The van der Waals surface area contributed by atoms with Crippen molar-refractivity contribution in [3.05, 3.63) is 35.0 Å². The summed E-state index contributed by atoms with van der Waals surface area (Å²) in [6, 6.07) is 5.37. The maximum Gasteiger partial charge on any atom is 0.413 e. The van der Waals surface area contributed by atoms with Crippen molar-refractivity contribution < 1.29 is 14.3 Å². The molecule has 1 aliphatic rings. The molecule has 7 nitrogen and oxygen atoms in total. The summed E-state index contributed by atoms with van der Waals surface area (Å²) in [7, 11) is -1.60. The summed E-state index contributed by atoms with van der Waals surface area (Å²) < 4.78 is 13.3. The molecular weight excluding hydrogens is 420 g/mol. The number of ether oxygens (including phenoxy) is 2. The Morgan fingerprint density at radius 2 is 1.97 bits per heavy atom. The molecule has 1 aromatic carbocycles. The van der Waals surface area contributed by atoms with Gasteiger partial charge in [-0.1, -0.05) is 42.5 Å². The van der Waals surface area contributed by atoms with Crippen LogP contribution in [0.1, 0.15) is 46.2 Å². The Bertz CT molecular complexity index is 946. The van der Waals surface area contributed by atoms with E-state index in [0.29, 0.717) is 11.6 Å². The van der Waals surface area contributed by atoms with Crippen molar-refractivity contribution in [3.63, 3.8) is 0 Å². The van der Waals surface area contributed by atoms with Crippen molar-refractivity contribution >= 4 is 31.1 Å². The van der Waals surface area contributed by atoms with Gasteiger partial charge in [0.2, 0.25) is 0 Å². The molecule has 2 aromatic rings. The molecule has 0 bridgehead atoms. The van der Waals surface area contributed by atoms with Crippen molar-refractivity contribution in [1.82, 2.24) is 19.9 Å². The summed E-state index contributed by atoms with van der Waals surface area (Å²) in [6.07, 6.45) is 1.53. The average molecular weight is 451 g/mol. The molecule has 0 aliphatic carbocycles. The largest absolute Gasteiger partial charge is 0.444 e. The third kappa shape index (κ3) is 4.71. The number of nitrogens with zero attached hydrogens (tertiary/aromatic N) is 4. The van der Waals surface area contributed by atoms with Gasteiger partial charge in [0.1, 0.15) is 19.4 Å². The van der Waals surface area contributed by atoms with E-state index in [1.807, 2.05) is 59.0 Å². The van der Waals surface area contributed by atoms with Gasteiger partial charge in [0.05, 0.1) is 28.7 Å². The molecule has 0 radical (unpaired) electrons. The number of halogens is 1. The van der Waals surface area contributed by atoms with E-state index >= 15 is 0 Å². The zero-order valence-electron chi connectivity index (χ0n) is 19.0. The third-order valence-electron chi connectivity index (χ3n) is 4.94. The molecule has 3 rings (SSSR count). The Hall–Kier alpha value is -1.90. The number of hydrogen-bond donors (Lipinski definition) is 0. The lowest BCUT2D eigenvalue weighted by molar-refractivity contribution is -0.0626. The molecule has 0 saturated carbocycles. The number of carbonyl (C=O) groups is 1. The molecule has 164 valence electrons. The maximum absolute atomic E-state index is 13.0. The second kappa shape index (κ2) is 7.66. The molecule has 1 unspecified atom stereocenters. The third-order valence-corrected chi connectivity index (χ3v) is 7.03. The summed E-state index contributed by atoms with van der Waals surface area (Å²) in [6.45, 7) is 16.3. The summed E-state index contributed by atoms with van der Waals surface area (Å²) in [5, 5.41) is 10.2. The second-order valence-corrected chi connectivity index (χ2v) is 15.6. The van der Waals surface area contributed by atoms with Gasteiger partial charge in [-0.2, -0.15) is 0 Å². The van der Waals surface area contributed by atoms with Gasteiger partial charge < -0.3 is 9.47 Å². The van der Waals surface area contributed by atoms with E-state index in [1.54, 1.807) is 9.58 Å². The lowest BCUT2D eigenvalue weighted by Crippen LogP contribution is -2.47. The molecule has 0 N–H and O–H groups in total. The first-order chi connectivity index (χ1) is 13.7. The van der Waals surface area contributed by atoms with Crippen LogP contribution in [0.3, 0.4) is 0 Å². The highest BCUT2D eigenvalue weighted by atomic mass is 35.5. The zero-order valence-corrected chi connectivity index (χ0v) is 20.7. The smallest absolute Gasteiger partial charge is 0.413 e. The first kappa shape index (κ1) is 22.8. The van der Waals surface area contributed by atoms with Crippen molar-refractivity contribution in [2.24, 2.45) is 0 Å². The van der Waals surface area contributed by atoms with Crippen LogP contribution in [0, 0.1) is 0 Å². The lowest BCUT2D eigenvalue weighted by atomic mass is 10.0. The molecule has 2 heterocycles. The van der Waals surface area contributed by atoms with E-state index < -0.39 is 25.5 Å². The van der Waals surface area contributed by atoms with Crippen molar-refractivity contribution in [2.75, 3.05) is 6.61 Å². The van der Waals surface area contributed by atoms with Crippen LogP contribution in [0.5, 0.6) is 0 Å². The van der Waals surface area contributed by atoms with Crippen LogP contribution in [0.2, 0.25) is 24.7 Å². The van der Waals surface area contributed by atoms with Gasteiger partial charge in [0.25, 0.3) is 0 Å². The molecule has 0 spiro atoms. The first-order valence-corrected chi connectivity index (χ1v) is 14.0. The van der Waals surface area contributed by atoms with E-state index in [9.17, 15) is 4.79 Å². The molecule has 1 aliphatic heterocycles. The Kier molecular flexibility index (Phi) is 5.81. The topological polar surface area (TPSA) is 69.5 Å². The Morgan fingerprint density at radius 1 is 1.30 bits per heavy atom. The van der Waals surface area contributed by atoms with Gasteiger partial charge >= 0.3 is 6.09 Å². The van der Waals surface area contributed by atoms with E-state index in [4.69, 9.17) is 21.1 Å². The number of carbonyl (C=O) groups excluding carboxylic acids is 1. The van der Waals surface area contributed by atoms with Gasteiger partial charge in [-0.25, -0.2) is 9.48 Å². The Morgan fingerprint density at radius 3 is 2.53 bits per heavy atom. The summed E-state index contributed by atoms with van der Waals surface area (Å²) in [4.78, 5) is 14.6. The predicted molar refractivity (Wildman–Crippen MR) is 120 cm³/mol. The normalized spacial score (nSPS) is 19.2. The standard InChI is InChI=1S/C21H31ClN4O3Si/c1-20(2,3)29-19(27)26-17(13-28-21(26,4)5)14-9-10-15(22)16(11-14)25-12-18(23-24-25)30(6,7)8/h9-12,17H,13H2,1-8H3. The second-order valence-electron chi connectivity index (χ2n) is 10.1. The van der Waals surface area contributed by atoms with Crippen molar-refractivity contribution in [1.29, 1.82) is 0 Å². The SMILES string of the molecule is CC(C)(C)OC(=O)N1C(c2ccc(Cl)c(-n3cc([Si](C)(C)C)nn3)c2)COC1(C)C. The Balaban J connectivity index is 1.98. The molecule has 30 heavy (non-hydrogen) atoms. The van der Waals surface area contributed by atoms with Crippen LogP contribution in [-0.4, -0.2) is 52.0 Å². The van der Waals surface area contributed by atoms with E-state index in [1.165, 1.54) is 0 Å². The number of benzene rings is 1. The van der Waals surface area contributed by atoms with Crippen molar-refractivity contribution in [2.45, 2.75) is 71.6 Å². The highest BCUT2D eigenvalue weighted by molar-refractivity contribution is 6.88. The van der Waals surface area contributed by atoms with Crippen LogP contribution in [-0.2, 0) is 9.47 Å². The van der Waals surface area contributed by atoms with Crippen LogP contribution in [0.15, 0.2) is 24.4 Å². The van der Waals surface area contributed by atoms with Gasteiger partial charge in [0.15, 0.2) is 0 Å². The maximum atomic E-state index is 13.0. The minimum absolute atomic E-state index is 0.300. The van der Waals surface area contributed by atoms with Gasteiger partial charge in [-0.3, -0.25) is 4.90 Å². The van der Waals surface area contributed by atoms with Crippen molar-refractivity contribution in [3.8, 4) is 5.69 Å². The molecule has 1 saturated heterocycles. The van der Waals surface area contributed by atoms with Crippen LogP contribution in [0.4, 0.5) is 4.79 Å². The predicted octanol–water partition coefficient (Wildman–Crippen LogP) is 4.51. The molecule has 1 aromatic heterocycles. The fourth-order valence-electron chi connectivity index (χ4n) is 3.34. The molecule has 1 atom stereocenters. The summed E-state index contributed by atoms with van der Waals surface area (Å²) >= 11 is 6.49. The average Bonchev–Trinajstić information content (AvgIpc) is 3.18. The first-order valence-electron chi connectivity index (χ1n) is 10.1. The van der Waals surface area contributed by atoms with Gasteiger partial charge in [0, 0.05) is 6.20 Å². The highest BCUT2D eigenvalue weighted by Gasteiger charge is 2.46. The fraction of sp³-hybridized carbons (Fsp3) is 0.571. The van der Waals surface area contributed by atoms with E-state index in [-0.39, 0.29) is 6.04 Å². The number of amides is 1. The quantitative estimate of drug-likeness (QED) is 0.643. The highest BCUT2D eigenvalue weighted by Crippen LogP contribution is 2.39. The monoisotopic (exact) mass is 450 g/mol. The van der Waals surface area contributed by atoms with Crippen LogP contribution in [0.25, 0.3) is 5.69 Å². The minimum Gasteiger partial charge on any atom is -0.444 e. The summed E-state index contributed by atoms with van der Waals surface area (Å²) in [5.41, 5.74) is 0.237. The number of hydrogen-bond acceptors (Lipinski definition) is 5. The minimum atomic E-state index is -1.60. The van der Waals surface area contributed by atoms with Crippen LogP contribution >= 0.6 is 11.6 Å². The molecule has 1 amide bonds. The molecule has 1 fully saturated rings. The Labute approximate surface area is 184 Å². The fourth-order valence-corrected chi connectivity index (χ4v) is 4.40. The molecule has 9 heteroatoms. The zero-order chi connectivity index (χ0) is 22.5. The van der Waals surface area contributed by atoms with E-state index in [0.717, 1.165) is 16.6 Å². The number of aromatic nitrogens is 3. The van der Waals surface area contributed by atoms with Gasteiger partial charge in [-0.05, 0) is 52.3 Å².